The van der Waals surface area contributed by atoms with Gasteiger partial charge in [-0.1, -0.05) is 19.8 Å². The Morgan fingerprint density at radius 3 is 1.74 bits per heavy atom. The zero-order valence-corrected chi connectivity index (χ0v) is 20.4. The summed E-state index contributed by atoms with van der Waals surface area (Å²) in [6.45, 7) is 3.69. The predicted octanol–water partition coefficient (Wildman–Crippen LogP) is 5.00. The van der Waals surface area contributed by atoms with Gasteiger partial charge in [-0.3, -0.25) is 40.5 Å². The molecule has 1 aliphatic rings. The molecule has 0 aromatic heterocycles. The number of ether oxygens (including phenoxy) is 2. The van der Waals surface area contributed by atoms with Crippen LogP contribution in [0.25, 0.3) is 0 Å². The third-order valence-corrected chi connectivity index (χ3v) is 6.42. The number of carbonyl (C=O) groups excluding carboxylic acids is 1. The van der Waals surface area contributed by atoms with Crippen LogP contribution >= 0.6 is 0 Å². The van der Waals surface area contributed by atoms with E-state index in [1.807, 2.05) is 6.92 Å². The zero-order valence-electron chi connectivity index (χ0n) is 20.4. The lowest BCUT2D eigenvalue weighted by atomic mass is 10.1. The standard InChI is InChI=1S/C23H24N4O11/c1-3-4-5-20-21(12-37-19-10-17(26(33)34)9-18(11-19)27(35)36)22(20)13(2)38-23(28)14-6-15(24(29)30)8-16(7-14)25(31)32/h6-11,13,20-22H,3-5,12H2,1-2H3/t13-,20-,21-,22-/m1/s1. The maximum Gasteiger partial charge on any atom is 0.338 e. The molecular weight excluding hydrogens is 508 g/mol. The summed E-state index contributed by atoms with van der Waals surface area (Å²) >= 11 is 0. The highest BCUT2D eigenvalue weighted by atomic mass is 16.6. The summed E-state index contributed by atoms with van der Waals surface area (Å²) in [6.07, 6.45) is 1.86. The number of rotatable bonds is 13. The fraction of sp³-hybridized carbons (Fsp3) is 0.435. The molecule has 2 aromatic carbocycles. The molecule has 0 unspecified atom stereocenters. The van der Waals surface area contributed by atoms with E-state index < -0.39 is 54.5 Å². The molecule has 0 radical (unpaired) electrons. The molecule has 1 aliphatic carbocycles. The minimum Gasteiger partial charge on any atom is -0.493 e. The number of unbranched alkanes of at least 4 members (excludes halogenated alkanes) is 1. The fourth-order valence-electron chi connectivity index (χ4n) is 4.55. The van der Waals surface area contributed by atoms with Gasteiger partial charge in [-0.05, 0) is 19.3 Å². The van der Waals surface area contributed by atoms with E-state index in [-0.39, 0.29) is 35.7 Å². The molecule has 4 atom stereocenters. The van der Waals surface area contributed by atoms with Gasteiger partial charge < -0.3 is 9.47 Å². The van der Waals surface area contributed by atoms with Gasteiger partial charge in [0.25, 0.3) is 22.7 Å². The van der Waals surface area contributed by atoms with Gasteiger partial charge in [0.1, 0.15) is 11.9 Å². The lowest BCUT2D eigenvalue weighted by Gasteiger charge is -2.14. The van der Waals surface area contributed by atoms with Gasteiger partial charge >= 0.3 is 5.97 Å². The maximum absolute atomic E-state index is 12.7. The molecule has 0 saturated heterocycles. The molecule has 15 heteroatoms. The molecular formula is C23H24N4O11. The Morgan fingerprint density at radius 2 is 1.29 bits per heavy atom. The zero-order chi connectivity index (χ0) is 28.1. The molecule has 1 saturated carbocycles. The van der Waals surface area contributed by atoms with Crippen LogP contribution in [0.2, 0.25) is 0 Å². The van der Waals surface area contributed by atoms with E-state index in [4.69, 9.17) is 9.47 Å². The van der Waals surface area contributed by atoms with E-state index in [0.717, 1.165) is 55.7 Å². The SMILES string of the molecule is CCCC[C@@H]1[C@@H](COc2cc([N+](=O)[O-])cc([N+](=O)[O-])c2)[C@@H]1[C@@H](C)OC(=O)c1cc([N+](=O)[O-])cc([N+](=O)[O-])c1. The first-order valence-electron chi connectivity index (χ1n) is 11.6. The van der Waals surface area contributed by atoms with Crippen molar-refractivity contribution in [1.29, 1.82) is 0 Å². The quantitative estimate of drug-likeness (QED) is 0.190. The number of nitro groups is 4. The first-order valence-corrected chi connectivity index (χ1v) is 11.6. The van der Waals surface area contributed by atoms with Crippen LogP contribution < -0.4 is 4.74 Å². The van der Waals surface area contributed by atoms with Crippen molar-refractivity contribution in [3.8, 4) is 5.75 Å². The molecule has 1 fully saturated rings. The van der Waals surface area contributed by atoms with E-state index in [2.05, 4.69) is 0 Å². The summed E-state index contributed by atoms with van der Waals surface area (Å²) in [5.74, 6) is -1.26. The Morgan fingerprint density at radius 1 is 0.816 bits per heavy atom. The van der Waals surface area contributed by atoms with Crippen molar-refractivity contribution in [3.05, 3.63) is 82.4 Å². The molecule has 2 aromatic rings. The monoisotopic (exact) mass is 532 g/mol. The Labute approximate surface area is 214 Å². The lowest BCUT2D eigenvalue weighted by molar-refractivity contribution is -0.394. The third kappa shape index (κ3) is 6.54. The highest BCUT2D eigenvalue weighted by Crippen LogP contribution is 2.52. The molecule has 202 valence electrons. The van der Waals surface area contributed by atoms with Crippen molar-refractivity contribution in [2.45, 2.75) is 39.2 Å². The molecule has 0 spiro atoms. The van der Waals surface area contributed by atoms with Crippen molar-refractivity contribution < 1.29 is 34.0 Å². The van der Waals surface area contributed by atoms with E-state index in [0.29, 0.717) is 0 Å². The number of nitro benzene ring substituents is 4. The summed E-state index contributed by atoms with van der Waals surface area (Å²) in [6, 6.07) is 5.55. The molecule has 3 rings (SSSR count). The van der Waals surface area contributed by atoms with Gasteiger partial charge in [-0.15, -0.1) is 0 Å². The van der Waals surface area contributed by atoms with Gasteiger partial charge in [0.2, 0.25) is 0 Å². The molecule has 0 bridgehead atoms. The Kier molecular flexibility index (Phi) is 8.50. The van der Waals surface area contributed by atoms with Gasteiger partial charge in [-0.25, -0.2) is 4.79 Å². The Bertz CT molecular complexity index is 1220. The number of hydrogen-bond donors (Lipinski definition) is 0. The fourth-order valence-corrected chi connectivity index (χ4v) is 4.55. The number of esters is 1. The number of carbonyl (C=O) groups is 1. The van der Waals surface area contributed by atoms with Crippen LogP contribution in [0.15, 0.2) is 36.4 Å². The topological polar surface area (TPSA) is 208 Å². The van der Waals surface area contributed by atoms with Crippen molar-refractivity contribution in [2.75, 3.05) is 6.61 Å². The summed E-state index contributed by atoms with van der Waals surface area (Å²) in [7, 11) is 0. The van der Waals surface area contributed by atoms with Gasteiger partial charge in [0.05, 0.1) is 56.1 Å². The minimum atomic E-state index is -0.959. The highest BCUT2D eigenvalue weighted by molar-refractivity contribution is 5.91. The number of benzene rings is 2. The highest BCUT2D eigenvalue weighted by Gasteiger charge is 2.53. The third-order valence-electron chi connectivity index (χ3n) is 6.42. The summed E-state index contributed by atoms with van der Waals surface area (Å²) in [5, 5.41) is 44.5. The van der Waals surface area contributed by atoms with Crippen LogP contribution in [-0.4, -0.2) is 38.4 Å². The minimum absolute atomic E-state index is 0.0423. The Hall–Kier alpha value is -4.69. The average molecular weight is 532 g/mol. The molecule has 0 heterocycles. The number of nitrogens with zero attached hydrogens (tertiary/aromatic N) is 4. The van der Waals surface area contributed by atoms with Crippen molar-refractivity contribution >= 4 is 28.7 Å². The lowest BCUT2D eigenvalue weighted by Crippen LogP contribution is -2.19. The first kappa shape index (κ1) is 27.9. The van der Waals surface area contributed by atoms with Crippen LogP contribution in [0.5, 0.6) is 5.75 Å². The van der Waals surface area contributed by atoms with Crippen LogP contribution in [0.4, 0.5) is 22.7 Å². The summed E-state index contributed by atoms with van der Waals surface area (Å²) in [5.41, 5.74) is -2.55. The van der Waals surface area contributed by atoms with Gasteiger partial charge in [-0.2, -0.15) is 0 Å². The van der Waals surface area contributed by atoms with Crippen molar-refractivity contribution in [1.82, 2.24) is 0 Å². The summed E-state index contributed by atoms with van der Waals surface area (Å²) in [4.78, 5) is 54.0. The van der Waals surface area contributed by atoms with Crippen LogP contribution in [-0.2, 0) is 4.74 Å². The van der Waals surface area contributed by atoms with E-state index in [1.54, 1.807) is 6.92 Å². The van der Waals surface area contributed by atoms with E-state index >= 15 is 0 Å². The smallest absolute Gasteiger partial charge is 0.338 e. The summed E-state index contributed by atoms with van der Waals surface area (Å²) < 4.78 is 11.2. The normalized spacial score (nSPS) is 18.7. The Balaban J connectivity index is 1.74. The van der Waals surface area contributed by atoms with Gasteiger partial charge in [0.15, 0.2) is 0 Å². The second-order valence-corrected chi connectivity index (χ2v) is 8.92. The van der Waals surface area contributed by atoms with Crippen LogP contribution in [0, 0.1) is 58.2 Å². The molecule has 15 nitrogen and oxygen atoms in total. The van der Waals surface area contributed by atoms with E-state index in [1.165, 1.54) is 0 Å². The molecule has 0 amide bonds. The van der Waals surface area contributed by atoms with Crippen molar-refractivity contribution in [2.24, 2.45) is 17.8 Å². The second kappa shape index (κ2) is 11.6. The largest absolute Gasteiger partial charge is 0.493 e. The van der Waals surface area contributed by atoms with Crippen LogP contribution in [0.1, 0.15) is 43.5 Å². The second-order valence-electron chi connectivity index (χ2n) is 8.92. The first-order chi connectivity index (χ1) is 17.9. The van der Waals surface area contributed by atoms with E-state index in [9.17, 15) is 45.3 Å². The van der Waals surface area contributed by atoms with Crippen molar-refractivity contribution in [3.63, 3.8) is 0 Å². The number of non-ortho nitro benzene ring substituents is 4. The molecule has 0 N–H and O–H groups in total. The number of hydrogen-bond acceptors (Lipinski definition) is 11. The molecule has 38 heavy (non-hydrogen) atoms. The maximum atomic E-state index is 12.7. The average Bonchev–Trinajstić information content (AvgIpc) is 3.58. The van der Waals surface area contributed by atoms with Crippen LogP contribution in [0.3, 0.4) is 0 Å². The van der Waals surface area contributed by atoms with Gasteiger partial charge in [0, 0.05) is 24.0 Å². The predicted molar refractivity (Wildman–Crippen MR) is 130 cm³/mol. The molecule has 0 aliphatic heterocycles.